The highest BCUT2D eigenvalue weighted by Gasteiger charge is 2.24. The van der Waals surface area contributed by atoms with E-state index in [4.69, 9.17) is 5.11 Å². The summed E-state index contributed by atoms with van der Waals surface area (Å²) in [6.07, 6.45) is 0.919. The Kier molecular flexibility index (Phi) is 4.21. The summed E-state index contributed by atoms with van der Waals surface area (Å²) in [6, 6.07) is 4.94. The third-order valence-corrected chi connectivity index (χ3v) is 3.61. The third kappa shape index (κ3) is 3.97. The Bertz CT molecular complexity index is 561. The first-order chi connectivity index (χ1) is 9.76. The van der Waals surface area contributed by atoms with Crippen molar-refractivity contribution in [2.45, 2.75) is 40.3 Å². The summed E-state index contributed by atoms with van der Waals surface area (Å²) >= 11 is 0. The minimum absolute atomic E-state index is 0.0904. The van der Waals surface area contributed by atoms with Crippen molar-refractivity contribution >= 4 is 12.0 Å². The van der Waals surface area contributed by atoms with E-state index in [2.05, 4.69) is 26.1 Å². The molecule has 114 valence electrons. The summed E-state index contributed by atoms with van der Waals surface area (Å²) in [5.41, 5.74) is 2.40. The Hall–Kier alpha value is -2.04. The Morgan fingerprint density at radius 3 is 2.52 bits per heavy atom. The second kappa shape index (κ2) is 5.76. The van der Waals surface area contributed by atoms with Gasteiger partial charge >= 0.3 is 12.0 Å². The number of amides is 2. The molecule has 2 N–H and O–H groups in total. The lowest BCUT2D eigenvalue weighted by atomic mass is 9.92. The molecule has 1 aliphatic rings. The second-order valence-corrected chi connectivity index (χ2v) is 6.69. The molecule has 1 aromatic rings. The van der Waals surface area contributed by atoms with E-state index in [1.807, 2.05) is 0 Å². The van der Waals surface area contributed by atoms with Crippen LogP contribution in [0.3, 0.4) is 0 Å². The van der Waals surface area contributed by atoms with Gasteiger partial charge in [-0.1, -0.05) is 26.8 Å². The van der Waals surface area contributed by atoms with Crippen molar-refractivity contribution in [2.24, 2.45) is 5.41 Å². The van der Waals surface area contributed by atoms with Gasteiger partial charge in [0.2, 0.25) is 0 Å². The number of hydrogen-bond donors (Lipinski definition) is 2. The molecule has 0 spiro atoms. The van der Waals surface area contributed by atoms with Gasteiger partial charge in [-0.25, -0.2) is 9.59 Å². The maximum absolute atomic E-state index is 12.1. The molecule has 0 aromatic heterocycles. The highest BCUT2D eigenvalue weighted by molar-refractivity contribution is 5.88. The molecule has 0 bridgehead atoms. The molecule has 21 heavy (non-hydrogen) atoms. The third-order valence-electron chi connectivity index (χ3n) is 3.61. The number of carbonyl (C=O) groups is 2. The van der Waals surface area contributed by atoms with Gasteiger partial charge in [-0.15, -0.1) is 0 Å². The number of carbonyl (C=O) groups excluding carboxylic acids is 1. The Balaban J connectivity index is 1.93. The van der Waals surface area contributed by atoms with Crippen molar-refractivity contribution in [1.29, 1.82) is 0 Å². The number of rotatable bonds is 3. The van der Waals surface area contributed by atoms with Gasteiger partial charge in [0, 0.05) is 19.6 Å². The molecule has 1 aromatic carbocycles. The first-order valence-corrected chi connectivity index (χ1v) is 7.14. The van der Waals surface area contributed by atoms with Crippen LogP contribution in [0.2, 0.25) is 0 Å². The van der Waals surface area contributed by atoms with Crippen molar-refractivity contribution in [1.82, 2.24) is 10.2 Å². The zero-order valence-electron chi connectivity index (χ0n) is 12.8. The van der Waals surface area contributed by atoms with Gasteiger partial charge in [-0.05, 0) is 35.1 Å². The molecule has 0 saturated heterocycles. The first kappa shape index (κ1) is 15.4. The molecular formula is C16H22N2O3. The smallest absolute Gasteiger partial charge is 0.335 e. The van der Waals surface area contributed by atoms with Gasteiger partial charge in [-0.3, -0.25) is 0 Å². The van der Waals surface area contributed by atoms with Crippen LogP contribution >= 0.6 is 0 Å². The van der Waals surface area contributed by atoms with Crippen LogP contribution in [-0.4, -0.2) is 28.6 Å². The number of carboxylic acid groups (broad SMARTS) is 1. The number of urea groups is 1. The maximum atomic E-state index is 12.1. The fourth-order valence-corrected chi connectivity index (χ4v) is 2.33. The lowest BCUT2D eigenvalue weighted by molar-refractivity contribution is 0.0696. The molecule has 2 rings (SSSR count). The average Bonchev–Trinajstić information content (AvgIpc) is 2.79. The summed E-state index contributed by atoms with van der Waals surface area (Å²) in [7, 11) is 0. The predicted molar refractivity (Wildman–Crippen MR) is 80.1 cm³/mol. The minimum atomic E-state index is -0.939. The van der Waals surface area contributed by atoms with Crippen LogP contribution in [0.4, 0.5) is 4.79 Å². The largest absolute Gasteiger partial charge is 0.478 e. The zero-order chi connectivity index (χ0) is 15.6. The average molecular weight is 290 g/mol. The van der Waals surface area contributed by atoms with E-state index in [9.17, 15) is 9.59 Å². The van der Waals surface area contributed by atoms with Crippen molar-refractivity contribution in [2.75, 3.05) is 6.54 Å². The number of benzene rings is 1. The lowest BCUT2D eigenvalue weighted by Crippen LogP contribution is -2.37. The highest BCUT2D eigenvalue weighted by Crippen LogP contribution is 2.24. The molecule has 0 saturated carbocycles. The number of carboxylic acids is 1. The molecule has 0 unspecified atom stereocenters. The van der Waals surface area contributed by atoms with E-state index in [-0.39, 0.29) is 17.0 Å². The molecule has 0 atom stereocenters. The van der Waals surface area contributed by atoms with Gasteiger partial charge in [0.1, 0.15) is 0 Å². The SMILES string of the molecule is CC(C)(C)CCNC(=O)N1Cc2ccc(C(=O)O)cc2C1. The van der Waals surface area contributed by atoms with Gasteiger partial charge in [-0.2, -0.15) is 0 Å². The van der Waals surface area contributed by atoms with Crippen molar-refractivity contribution < 1.29 is 14.7 Å². The molecule has 1 heterocycles. The summed E-state index contributed by atoms with van der Waals surface area (Å²) in [5, 5.41) is 11.9. The molecular weight excluding hydrogens is 268 g/mol. The van der Waals surface area contributed by atoms with Gasteiger partial charge in [0.25, 0.3) is 0 Å². The van der Waals surface area contributed by atoms with Crippen LogP contribution in [0.5, 0.6) is 0 Å². The van der Waals surface area contributed by atoms with Gasteiger partial charge in [0.05, 0.1) is 5.56 Å². The van der Waals surface area contributed by atoms with Gasteiger partial charge in [0.15, 0.2) is 0 Å². The molecule has 2 amide bonds. The van der Waals surface area contributed by atoms with Crippen LogP contribution in [0.1, 0.15) is 48.7 Å². The molecule has 1 aliphatic heterocycles. The molecule has 0 fully saturated rings. The van der Waals surface area contributed by atoms with Crippen LogP contribution in [0.15, 0.2) is 18.2 Å². The van der Waals surface area contributed by atoms with Crippen molar-refractivity contribution in [3.05, 3.63) is 34.9 Å². The van der Waals surface area contributed by atoms with E-state index in [0.717, 1.165) is 17.5 Å². The number of aromatic carboxylic acids is 1. The van der Waals surface area contributed by atoms with Crippen LogP contribution in [-0.2, 0) is 13.1 Å². The Labute approximate surface area is 125 Å². The molecule has 5 heteroatoms. The highest BCUT2D eigenvalue weighted by atomic mass is 16.4. The number of nitrogens with one attached hydrogen (secondary N) is 1. The van der Waals surface area contributed by atoms with Crippen molar-refractivity contribution in [3.8, 4) is 0 Å². The predicted octanol–water partition coefficient (Wildman–Crippen LogP) is 2.85. The fourth-order valence-electron chi connectivity index (χ4n) is 2.33. The quantitative estimate of drug-likeness (QED) is 0.899. The summed E-state index contributed by atoms with van der Waals surface area (Å²) < 4.78 is 0. The second-order valence-electron chi connectivity index (χ2n) is 6.69. The monoisotopic (exact) mass is 290 g/mol. The van der Waals surface area contributed by atoms with Gasteiger partial charge < -0.3 is 15.3 Å². The zero-order valence-corrected chi connectivity index (χ0v) is 12.8. The van der Waals surface area contributed by atoms with E-state index >= 15 is 0 Å². The van der Waals surface area contributed by atoms with E-state index in [1.165, 1.54) is 0 Å². The Morgan fingerprint density at radius 1 is 1.24 bits per heavy atom. The minimum Gasteiger partial charge on any atom is -0.478 e. The normalized spacial score (nSPS) is 14.0. The molecule has 5 nitrogen and oxygen atoms in total. The van der Waals surface area contributed by atoms with Crippen molar-refractivity contribution in [3.63, 3.8) is 0 Å². The fraction of sp³-hybridized carbons (Fsp3) is 0.500. The summed E-state index contributed by atoms with van der Waals surface area (Å²) in [4.78, 5) is 24.8. The molecule has 0 radical (unpaired) electrons. The van der Waals surface area contributed by atoms with Crippen LogP contribution < -0.4 is 5.32 Å². The van der Waals surface area contributed by atoms with E-state index < -0.39 is 5.97 Å². The summed E-state index contributed by atoms with van der Waals surface area (Å²) in [5.74, 6) is -0.939. The number of fused-ring (bicyclic) bond motifs is 1. The summed E-state index contributed by atoms with van der Waals surface area (Å²) in [6.45, 7) is 8.07. The lowest BCUT2D eigenvalue weighted by Gasteiger charge is -2.20. The first-order valence-electron chi connectivity index (χ1n) is 7.14. The molecule has 0 aliphatic carbocycles. The standard InChI is InChI=1S/C16H22N2O3/c1-16(2,3)6-7-17-15(21)18-9-12-5-4-11(14(19)20)8-13(12)10-18/h4-5,8H,6-7,9-10H2,1-3H3,(H,17,21)(H,19,20). The van der Waals surface area contributed by atoms with E-state index in [1.54, 1.807) is 23.1 Å². The van der Waals surface area contributed by atoms with Crippen LogP contribution in [0.25, 0.3) is 0 Å². The van der Waals surface area contributed by atoms with E-state index in [0.29, 0.717) is 19.6 Å². The maximum Gasteiger partial charge on any atom is 0.335 e. The number of hydrogen-bond acceptors (Lipinski definition) is 2. The van der Waals surface area contributed by atoms with Crippen LogP contribution in [0, 0.1) is 5.41 Å². The Morgan fingerprint density at radius 2 is 1.90 bits per heavy atom. The topological polar surface area (TPSA) is 69.6 Å². The number of nitrogens with zero attached hydrogens (tertiary/aromatic N) is 1.